The van der Waals surface area contributed by atoms with Crippen molar-refractivity contribution < 1.29 is 23.6 Å². The maximum atomic E-state index is 13.4. The second kappa shape index (κ2) is 11.5. The van der Waals surface area contributed by atoms with E-state index in [-0.39, 0.29) is 61.4 Å². The van der Waals surface area contributed by atoms with Crippen LogP contribution < -0.4 is 5.32 Å². The Labute approximate surface area is 210 Å². The van der Waals surface area contributed by atoms with E-state index in [1.54, 1.807) is 43.3 Å². The van der Waals surface area contributed by atoms with Gasteiger partial charge in [0.25, 0.3) is 11.8 Å². The predicted molar refractivity (Wildman–Crippen MR) is 132 cm³/mol. The lowest BCUT2D eigenvalue weighted by molar-refractivity contribution is -0.141. The molecule has 0 saturated heterocycles. The minimum Gasteiger partial charge on any atom is -0.352 e. The normalized spacial score (nSPS) is 16.6. The standard InChI is InChI=1S/C28H32FN3O4/c1-19(26(34)30-22-8-3-2-4-9-22)32(18-20-13-15-21(29)16-14-20)25(33)12-7-17-31-27(35)23-10-5-6-11-24(23)28(31)36/h5-6,10-11,13-16,19,22H,2-4,7-9,12,17-18H2,1H3,(H,30,34). The molecule has 0 bridgehead atoms. The number of halogens is 1. The van der Waals surface area contributed by atoms with Crippen molar-refractivity contribution in [3.8, 4) is 0 Å². The molecular weight excluding hydrogens is 461 g/mol. The number of imide groups is 1. The number of benzene rings is 2. The van der Waals surface area contributed by atoms with Crippen molar-refractivity contribution in [2.75, 3.05) is 6.54 Å². The molecule has 1 unspecified atom stereocenters. The van der Waals surface area contributed by atoms with Gasteiger partial charge < -0.3 is 10.2 Å². The highest BCUT2D eigenvalue weighted by Crippen LogP contribution is 2.23. The number of carbonyl (C=O) groups is 4. The highest BCUT2D eigenvalue weighted by Gasteiger charge is 2.35. The Hall–Kier alpha value is -3.55. The van der Waals surface area contributed by atoms with Crippen LogP contribution >= 0.6 is 0 Å². The average Bonchev–Trinajstić information content (AvgIpc) is 3.13. The first-order valence-electron chi connectivity index (χ1n) is 12.6. The minimum atomic E-state index is -0.719. The van der Waals surface area contributed by atoms with Crippen LogP contribution in [0, 0.1) is 5.82 Å². The summed E-state index contributed by atoms with van der Waals surface area (Å²) in [5.74, 6) is -1.56. The number of rotatable bonds is 9. The third-order valence-electron chi connectivity index (χ3n) is 7.04. The molecular formula is C28H32FN3O4. The van der Waals surface area contributed by atoms with E-state index in [4.69, 9.17) is 0 Å². The minimum absolute atomic E-state index is 0.0651. The van der Waals surface area contributed by atoms with Crippen molar-refractivity contribution in [2.45, 2.75) is 70.5 Å². The number of amides is 4. The Morgan fingerprint density at radius 1 is 1.00 bits per heavy atom. The van der Waals surface area contributed by atoms with Gasteiger partial charge in [-0.05, 0) is 56.0 Å². The van der Waals surface area contributed by atoms with Crippen LogP contribution in [0.5, 0.6) is 0 Å². The van der Waals surface area contributed by atoms with Crippen LogP contribution in [0.25, 0.3) is 0 Å². The molecule has 190 valence electrons. The van der Waals surface area contributed by atoms with E-state index in [2.05, 4.69) is 5.32 Å². The molecule has 2 aromatic carbocycles. The molecule has 1 atom stereocenters. The molecule has 1 fully saturated rings. The maximum Gasteiger partial charge on any atom is 0.261 e. The summed E-state index contributed by atoms with van der Waals surface area (Å²) in [5.41, 5.74) is 1.46. The molecule has 8 heteroatoms. The van der Waals surface area contributed by atoms with Crippen LogP contribution in [-0.4, -0.2) is 52.1 Å². The van der Waals surface area contributed by atoms with Gasteiger partial charge >= 0.3 is 0 Å². The average molecular weight is 494 g/mol. The molecule has 1 N–H and O–H groups in total. The Morgan fingerprint density at radius 2 is 1.61 bits per heavy atom. The van der Waals surface area contributed by atoms with Crippen molar-refractivity contribution in [2.24, 2.45) is 0 Å². The Kier molecular flexibility index (Phi) is 8.13. The number of fused-ring (bicyclic) bond motifs is 1. The summed E-state index contributed by atoms with van der Waals surface area (Å²) >= 11 is 0. The number of nitrogens with one attached hydrogen (secondary N) is 1. The summed E-state index contributed by atoms with van der Waals surface area (Å²) in [4.78, 5) is 54.2. The third-order valence-corrected chi connectivity index (χ3v) is 7.04. The fourth-order valence-electron chi connectivity index (χ4n) is 4.91. The van der Waals surface area contributed by atoms with Gasteiger partial charge in [-0.1, -0.05) is 43.5 Å². The monoisotopic (exact) mass is 493 g/mol. The van der Waals surface area contributed by atoms with Crippen LogP contribution in [0.4, 0.5) is 4.39 Å². The fourth-order valence-corrected chi connectivity index (χ4v) is 4.91. The molecule has 0 spiro atoms. The number of hydrogen-bond acceptors (Lipinski definition) is 4. The highest BCUT2D eigenvalue weighted by molar-refractivity contribution is 6.21. The summed E-state index contributed by atoms with van der Waals surface area (Å²) in [7, 11) is 0. The van der Waals surface area contributed by atoms with Crippen LogP contribution in [0.3, 0.4) is 0 Å². The summed E-state index contributed by atoms with van der Waals surface area (Å²) in [6, 6.07) is 11.9. The zero-order valence-electron chi connectivity index (χ0n) is 20.5. The third kappa shape index (κ3) is 5.80. The van der Waals surface area contributed by atoms with Crippen molar-refractivity contribution in [3.63, 3.8) is 0 Å². The van der Waals surface area contributed by atoms with Gasteiger partial charge in [0.1, 0.15) is 11.9 Å². The van der Waals surface area contributed by atoms with Crippen LogP contribution in [0.2, 0.25) is 0 Å². The molecule has 1 saturated carbocycles. The lowest BCUT2D eigenvalue weighted by Gasteiger charge is -2.31. The predicted octanol–water partition coefficient (Wildman–Crippen LogP) is 4.07. The molecule has 1 aliphatic heterocycles. The lowest BCUT2D eigenvalue weighted by Crippen LogP contribution is -2.50. The van der Waals surface area contributed by atoms with Crippen molar-refractivity contribution in [3.05, 3.63) is 71.0 Å². The van der Waals surface area contributed by atoms with E-state index in [0.717, 1.165) is 25.7 Å². The van der Waals surface area contributed by atoms with Crippen LogP contribution in [-0.2, 0) is 16.1 Å². The number of nitrogens with zero attached hydrogens (tertiary/aromatic N) is 2. The van der Waals surface area contributed by atoms with Gasteiger partial charge in [-0.3, -0.25) is 24.1 Å². The maximum absolute atomic E-state index is 13.4. The second-order valence-electron chi connectivity index (χ2n) is 9.58. The van der Waals surface area contributed by atoms with E-state index in [0.29, 0.717) is 16.7 Å². The molecule has 4 rings (SSSR count). The topological polar surface area (TPSA) is 86.8 Å². The Bertz CT molecular complexity index is 1090. The van der Waals surface area contributed by atoms with Crippen molar-refractivity contribution in [1.29, 1.82) is 0 Å². The molecule has 2 aromatic rings. The zero-order chi connectivity index (χ0) is 25.7. The van der Waals surface area contributed by atoms with Gasteiger partial charge in [0, 0.05) is 25.6 Å². The molecule has 0 aromatic heterocycles. The first kappa shape index (κ1) is 25.5. The van der Waals surface area contributed by atoms with Gasteiger partial charge in [0.2, 0.25) is 11.8 Å². The molecule has 2 aliphatic rings. The quantitative estimate of drug-likeness (QED) is 0.534. The zero-order valence-corrected chi connectivity index (χ0v) is 20.5. The highest BCUT2D eigenvalue weighted by atomic mass is 19.1. The number of carbonyl (C=O) groups excluding carboxylic acids is 4. The van der Waals surface area contributed by atoms with Crippen molar-refractivity contribution in [1.82, 2.24) is 15.1 Å². The second-order valence-corrected chi connectivity index (χ2v) is 9.58. The molecule has 7 nitrogen and oxygen atoms in total. The SMILES string of the molecule is CC(C(=O)NC1CCCCC1)N(Cc1ccc(F)cc1)C(=O)CCCN1C(=O)c2ccccc2C1=O. The van der Waals surface area contributed by atoms with Crippen molar-refractivity contribution >= 4 is 23.6 Å². The van der Waals surface area contributed by atoms with Gasteiger partial charge in [-0.25, -0.2) is 4.39 Å². The van der Waals surface area contributed by atoms with E-state index in [9.17, 15) is 23.6 Å². The van der Waals surface area contributed by atoms with E-state index < -0.39 is 6.04 Å². The molecule has 36 heavy (non-hydrogen) atoms. The fraction of sp³-hybridized carbons (Fsp3) is 0.429. The number of hydrogen-bond donors (Lipinski definition) is 1. The van der Waals surface area contributed by atoms with E-state index >= 15 is 0 Å². The van der Waals surface area contributed by atoms with Gasteiger partial charge in [-0.2, -0.15) is 0 Å². The summed E-state index contributed by atoms with van der Waals surface area (Å²) in [6.45, 7) is 1.97. The van der Waals surface area contributed by atoms with Gasteiger partial charge in [0.05, 0.1) is 11.1 Å². The summed E-state index contributed by atoms with van der Waals surface area (Å²) in [6.07, 6.45) is 5.54. The van der Waals surface area contributed by atoms with Crippen LogP contribution in [0.15, 0.2) is 48.5 Å². The largest absolute Gasteiger partial charge is 0.352 e. The van der Waals surface area contributed by atoms with Gasteiger partial charge in [-0.15, -0.1) is 0 Å². The summed E-state index contributed by atoms with van der Waals surface area (Å²) < 4.78 is 13.4. The Balaban J connectivity index is 1.40. The Morgan fingerprint density at radius 3 is 2.22 bits per heavy atom. The first-order valence-corrected chi connectivity index (χ1v) is 12.6. The smallest absolute Gasteiger partial charge is 0.261 e. The first-order chi connectivity index (χ1) is 17.3. The molecule has 4 amide bonds. The van der Waals surface area contributed by atoms with E-state index in [1.165, 1.54) is 28.4 Å². The summed E-state index contributed by atoms with van der Waals surface area (Å²) in [5, 5.41) is 3.08. The van der Waals surface area contributed by atoms with E-state index in [1.807, 2.05) is 0 Å². The molecule has 1 aliphatic carbocycles. The molecule has 0 radical (unpaired) electrons. The van der Waals surface area contributed by atoms with Gasteiger partial charge in [0.15, 0.2) is 0 Å². The van der Waals surface area contributed by atoms with Crippen LogP contribution in [0.1, 0.15) is 78.1 Å². The molecule has 1 heterocycles. The lowest BCUT2D eigenvalue weighted by atomic mass is 9.95.